The van der Waals surface area contributed by atoms with Crippen molar-refractivity contribution in [1.82, 2.24) is 5.32 Å². The summed E-state index contributed by atoms with van der Waals surface area (Å²) in [4.78, 5) is 2.43. The number of nitrogens with one attached hydrogen (secondary N) is 1. The van der Waals surface area contributed by atoms with Gasteiger partial charge in [-0.25, -0.2) is 0 Å². The first-order valence-corrected chi connectivity index (χ1v) is 7.43. The van der Waals surface area contributed by atoms with Gasteiger partial charge in [-0.2, -0.15) is 0 Å². The maximum absolute atomic E-state index is 6.13. The zero-order chi connectivity index (χ0) is 13.7. The Balaban J connectivity index is 2.16. The molecule has 1 heterocycles. The van der Waals surface area contributed by atoms with Crippen LogP contribution in [0.2, 0.25) is 0 Å². The molecule has 19 heavy (non-hydrogen) atoms. The molecule has 106 valence electrons. The molecule has 0 radical (unpaired) electrons. The monoisotopic (exact) mass is 262 g/mol. The van der Waals surface area contributed by atoms with Gasteiger partial charge in [-0.05, 0) is 38.0 Å². The molecule has 1 N–H and O–H groups in total. The molecule has 1 atom stereocenters. The molecule has 1 aliphatic heterocycles. The average Bonchev–Trinajstić information content (AvgIpc) is 2.42. The maximum atomic E-state index is 6.13. The van der Waals surface area contributed by atoms with Crippen LogP contribution in [-0.4, -0.2) is 32.3 Å². The SMILES string of the molecule is CCCC(C)Oc1ccc(C)cc1N1CCNCC1. The van der Waals surface area contributed by atoms with Gasteiger partial charge in [0.1, 0.15) is 5.75 Å². The third-order valence-corrected chi connectivity index (χ3v) is 3.60. The standard InChI is InChI=1S/C16H26N2O/c1-4-5-14(3)19-16-7-6-13(2)12-15(16)18-10-8-17-9-11-18/h6-7,12,14,17H,4-5,8-11H2,1-3H3. The van der Waals surface area contributed by atoms with Crippen molar-refractivity contribution >= 4 is 5.69 Å². The smallest absolute Gasteiger partial charge is 0.143 e. The molecule has 1 aromatic rings. The maximum Gasteiger partial charge on any atom is 0.143 e. The molecule has 0 bridgehead atoms. The molecule has 3 nitrogen and oxygen atoms in total. The number of anilines is 1. The highest BCUT2D eigenvalue weighted by Gasteiger charge is 2.16. The highest BCUT2D eigenvalue weighted by molar-refractivity contribution is 5.60. The number of ether oxygens (including phenoxy) is 1. The first-order chi connectivity index (χ1) is 9.20. The zero-order valence-corrected chi connectivity index (χ0v) is 12.4. The molecule has 2 rings (SSSR count). The molecule has 0 spiro atoms. The van der Waals surface area contributed by atoms with Crippen LogP contribution in [0.4, 0.5) is 5.69 Å². The van der Waals surface area contributed by atoms with Crippen LogP contribution in [0.3, 0.4) is 0 Å². The lowest BCUT2D eigenvalue weighted by Gasteiger charge is -2.31. The second kappa shape index (κ2) is 6.80. The molecule has 1 unspecified atom stereocenters. The van der Waals surface area contributed by atoms with E-state index in [4.69, 9.17) is 4.74 Å². The van der Waals surface area contributed by atoms with Crippen LogP contribution in [0.25, 0.3) is 0 Å². The largest absolute Gasteiger partial charge is 0.489 e. The summed E-state index contributed by atoms with van der Waals surface area (Å²) < 4.78 is 6.13. The lowest BCUT2D eigenvalue weighted by Crippen LogP contribution is -2.43. The van der Waals surface area contributed by atoms with Crippen LogP contribution in [0, 0.1) is 6.92 Å². The van der Waals surface area contributed by atoms with E-state index >= 15 is 0 Å². The number of piperazine rings is 1. The van der Waals surface area contributed by atoms with E-state index in [-0.39, 0.29) is 6.10 Å². The van der Waals surface area contributed by atoms with E-state index in [0.29, 0.717) is 0 Å². The number of hydrogen-bond donors (Lipinski definition) is 1. The topological polar surface area (TPSA) is 24.5 Å². The molecule has 0 amide bonds. The van der Waals surface area contributed by atoms with E-state index in [1.54, 1.807) is 0 Å². The first-order valence-electron chi connectivity index (χ1n) is 7.43. The van der Waals surface area contributed by atoms with Gasteiger partial charge in [-0.3, -0.25) is 0 Å². The Bertz CT molecular complexity index is 400. The number of rotatable bonds is 5. The zero-order valence-electron chi connectivity index (χ0n) is 12.4. The lowest BCUT2D eigenvalue weighted by molar-refractivity contribution is 0.210. The normalized spacial score (nSPS) is 17.3. The molecule has 1 aliphatic rings. The van der Waals surface area contributed by atoms with Crippen LogP contribution in [-0.2, 0) is 0 Å². The summed E-state index contributed by atoms with van der Waals surface area (Å²) in [5.41, 5.74) is 2.55. The van der Waals surface area contributed by atoms with E-state index in [1.807, 2.05) is 0 Å². The predicted molar refractivity (Wildman–Crippen MR) is 81.3 cm³/mol. The van der Waals surface area contributed by atoms with E-state index < -0.39 is 0 Å². The van der Waals surface area contributed by atoms with Crippen LogP contribution in [0.1, 0.15) is 32.3 Å². The van der Waals surface area contributed by atoms with Crippen molar-refractivity contribution in [2.75, 3.05) is 31.1 Å². The second-order valence-electron chi connectivity index (χ2n) is 5.43. The summed E-state index contributed by atoms with van der Waals surface area (Å²) >= 11 is 0. The van der Waals surface area contributed by atoms with Crippen LogP contribution >= 0.6 is 0 Å². The van der Waals surface area contributed by atoms with E-state index in [2.05, 4.69) is 49.2 Å². The van der Waals surface area contributed by atoms with Crippen LogP contribution < -0.4 is 15.0 Å². The molecule has 1 fully saturated rings. The van der Waals surface area contributed by atoms with Gasteiger partial charge in [0, 0.05) is 26.2 Å². The summed E-state index contributed by atoms with van der Waals surface area (Å²) in [5.74, 6) is 1.04. The van der Waals surface area contributed by atoms with Crippen molar-refractivity contribution in [1.29, 1.82) is 0 Å². The second-order valence-corrected chi connectivity index (χ2v) is 5.43. The van der Waals surface area contributed by atoms with Crippen LogP contribution in [0.5, 0.6) is 5.75 Å². The van der Waals surface area contributed by atoms with Crippen molar-refractivity contribution < 1.29 is 4.74 Å². The van der Waals surface area contributed by atoms with E-state index in [0.717, 1.165) is 44.8 Å². The van der Waals surface area contributed by atoms with Gasteiger partial charge in [0.05, 0.1) is 11.8 Å². The summed E-state index contributed by atoms with van der Waals surface area (Å²) in [6, 6.07) is 6.51. The fourth-order valence-electron chi connectivity index (χ4n) is 2.56. The molecule has 3 heteroatoms. The Labute approximate surface area is 116 Å². The minimum Gasteiger partial charge on any atom is -0.489 e. The number of nitrogens with zero attached hydrogens (tertiary/aromatic N) is 1. The Morgan fingerprint density at radius 3 is 2.74 bits per heavy atom. The fraction of sp³-hybridized carbons (Fsp3) is 0.625. The molecule has 0 aromatic heterocycles. The molecular formula is C16H26N2O. The van der Waals surface area contributed by atoms with Crippen LogP contribution in [0.15, 0.2) is 18.2 Å². The Hall–Kier alpha value is -1.22. The van der Waals surface area contributed by atoms with Gasteiger partial charge in [-0.15, -0.1) is 0 Å². The van der Waals surface area contributed by atoms with Gasteiger partial charge in [0.15, 0.2) is 0 Å². The highest BCUT2D eigenvalue weighted by Crippen LogP contribution is 2.31. The molecule has 1 saturated heterocycles. The summed E-state index contributed by atoms with van der Waals surface area (Å²) in [6.07, 6.45) is 2.56. The van der Waals surface area contributed by atoms with Gasteiger partial charge >= 0.3 is 0 Å². The highest BCUT2D eigenvalue weighted by atomic mass is 16.5. The quantitative estimate of drug-likeness (QED) is 0.883. The van der Waals surface area contributed by atoms with E-state index in [9.17, 15) is 0 Å². The van der Waals surface area contributed by atoms with Gasteiger partial charge in [-0.1, -0.05) is 19.4 Å². The van der Waals surface area contributed by atoms with Gasteiger partial charge in [0.2, 0.25) is 0 Å². The minimum absolute atomic E-state index is 0.286. The number of aryl methyl sites for hydroxylation is 1. The Morgan fingerprint density at radius 1 is 1.32 bits per heavy atom. The third-order valence-electron chi connectivity index (χ3n) is 3.60. The van der Waals surface area contributed by atoms with Gasteiger partial charge < -0.3 is 15.0 Å². The van der Waals surface area contributed by atoms with Crippen molar-refractivity contribution in [3.63, 3.8) is 0 Å². The molecule has 1 aromatic carbocycles. The molecule has 0 aliphatic carbocycles. The minimum atomic E-state index is 0.286. The van der Waals surface area contributed by atoms with E-state index in [1.165, 1.54) is 11.3 Å². The predicted octanol–water partition coefficient (Wildman–Crippen LogP) is 2.97. The van der Waals surface area contributed by atoms with Crippen molar-refractivity contribution in [2.24, 2.45) is 0 Å². The number of benzene rings is 1. The summed E-state index contributed by atoms with van der Waals surface area (Å²) in [6.45, 7) is 10.7. The van der Waals surface area contributed by atoms with Crippen molar-refractivity contribution in [3.8, 4) is 5.75 Å². The Kier molecular flexibility index (Phi) is 5.08. The molecular weight excluding hydrogens is 236 g/mol. The third kappa shape index (κ3) is 3.87. The number of hydrogen-bond acceptors (Lipinski definition) is 3. The van der Waals surface area contributed by atoms with Gasteiger partial charge in [0.25, 0.3) is 0 Å². The lowest BCUT2D eigenvalue weighted by atomic mass is 10.1. The first kappa shape index (κ1) is 14.2. The van der Waals surface area contributed by atoms with Crippen molar-refractivity contribution in [3.05, 3.63) is 23.8 Å². The summed E-state index contributed by atoms with van der Waals surface area (Å²) in [7, 11) is 0. The fourth-order valence-corrected chi connectivity index (χ4v) is 2.56. The molecule has 0 saturated carbocycles. The summed E-state index contributed by atoms with van der Waals surface area (Å²) in [5, 5.41) is 3.40. The Morgan fingerprint density at radius 2 is 2.05 bits per heavy atom. The van der Waals surface area contributed by atoms with Crippen molar-refractivity contribution in [2.45, 2.75) is 39.7 Å². The average molecular weight is 262 g/mol.